The Labute approximate surface area is 63.8 Å². The molecule has 1 N–H and O–H groups in total. The van der Waals surface area contributed by atoms with Gasteiger partial charge in [0.1, 0.15) is 0 Å². The van der Waals surface area contributed by atoms with Gasteiger partial charge in [0.2, 0.25) is 5.82 Å². The Morgan fingerprint density at radius 2 is 1.92 bits per heavy atom. The molecule has 1 rings (SSSR count). The van der Waals surface area contributed by atoms with Crippen LogP contribution in [-0.2, 0) is 0 Å². The van der Waals surface area contributed by atoms with E-state index in [4.69, 9.17) is 0 Å². The van der Waals surface area contributed by atoms with E-state index in [0.29, 0.717) is 0 Å². The van der Waals surface area contributed by atoms with E-state index in [-0.39, 0.29) is 6.07 Å². The molecule has 1 heterocycles. The number of aromatic nitrogens is 1. The molecule has 0 unspecified atom stereocenters. The Hall–Kier alpha value is -1.33. The molecule has 0 aliphatic heterocycles. The van der Waals surface area contributed by atoms with Crippen LogP contribution in [0.5, 0.6) is 0 Å². The first-order chi connectivity index (χ1) is 5.52. The predicted octanol–water partition coefficient (Wildman–Crippen LogP) is 1.59. The number of halogens is 4. The molecule has 0 aliphatic rings. The van der Waals surface area contributed by atoms with Crippen molar-refractivity contribution < 1.29 is 17.6 Å². The van der Waals surface area contributed by atoms with Gasteiger partial charge in [-0.1, -0.05) is 0 Å². The van der Waals surface area contributed by atoms with Crippen molar-refractivity contribution in [3.05, 3.63) is 33.7 Å². The number of alkyl halides is 2. The number of nitrogens with one attached hydrogen (secondary N) is 1. The maximum Gasteiger partial charge on any atom is 0.287 e. The first-order valence-electron chi connectivity index (χ1n) is 2.88. The molecule has 0 bridgehead atoms. The lowest BCUT2D eigenvalue weighted by Crippen LogP contribution is -2.15. The van der Waals surface area contributed by atoms with Crippen molar-refractivity contribution in [1.82, 2.24) is 4.98 Å². The van der Waals surface area contributed by atoms with Crippen molar-refractivity contribution in [2.45, 2.75) is 6.43 Å². The summed E-state index contributed by atoms with van der Waals surface area (Å²) in [6, 6.07) is 0.251. The fourth-order valence-electron chi connectivity index (χ4n) is 0.648. The largest absolute Gasteiger partial charge is 0.318 e. The van der Waals surface area contributed by atoms with E-state index < -0.39 is 29.3 Å². The maximum atomic E-state index is 12.3. The Balaban J connectivity index is 3.31. The summed E-state index contributed by atoms with van der Waals surface area (Å²) >= 11 is 0. The zero-order valence-electron chi connectivity index (χ0n) is 5.57. The number of H-pyrrole nitrogens is 1. The van der Waals surface area contributed by atoms with Gasteiger partial charge in [-0.25, -0.2) is 13.2 Å². The maximum absolute atomic E-state index is 12.3. The van der Waals surface area contributed by atoms with Crippen molar-refractivity contribution in [2.75, 3.05) is 0 Å². The molecule has 0 spiro atoms. The minimum Gasteiger partial charge on any atom is -0.318 e. The van der Waals surface area contributed by atoms with Crippen LogP contribution in [0.2, 0.25) is 0 Å². The topological polar surface area (TPSA) is 32.9 Å². The Morgan fingerprint density at radius 1 is 1.33 bits per heavy atom. The van der Waals surface area contributed by atoms with E-state index in [1.807, 2.05) is 0 Å². The number of pyridine rings is 1. The lowest BCUT2D eigenvalue weighted by atomic mass is 10.3. The molecular weight excluding hydrogens is 178 g/mol. The first-order valence-corrected chi connectivity index (χ1v) is 2.88. The zero-order chi connectivity index (χ0) is 9.30. The minimum atomic E-state index is -3.02. The van der Waals surface area contributed by atoms with E-state index in [1.54, 1.807) is 0 Å². The quantitative estimate of drug-likeness (QED) is 0.655. The summed E-state index contributed by atoms with van der Waals surface area (Å²) in [6.45, 7) is 0. The molecule has 1 aromatic heterocycles. The van der Waals surface area contributed by atoms with Crippen LogP contribution in [0, 0.1) is 11.6 Å². The number of rotatable bonds is 1. The van der Waals surface area contributed by atoms with Gasteiger partial charge in [0, 0.05) is 6.07 Å². The molecule has 0 aromatic carbocycles. The molecule has 0 saturated heterocycles. The van der Waals surface area contributed by atoms with Gasteiger partial charge in [0.15, 0.2) is 5.82 Å². The van der Waals surface area contributed by atoms with E-state index >= 15 is 0 Å². The second kappa shape index (κ2) is 2.96. The summed E-state index contributed by atoms with van der Waals surface area (Å²) in [7, 11) is 0. The van der Waals surface area contributed by atoms with E-state index in [2.05, 4.69) is 0 Å². The lowest BCUT2D eigenvalue weighted by molar-refractivity contribution is 0.145. The SMILES string of the molecule is O=c1[nH]c(C(F)F)cc(F)c1F. The van der Waals surface area contributed by atoms with E-state index in [0.717, 1.165) is 0 Å². The third-order valence-corrected chi connectivity index (χ3v) is 1.18. The predicted molar refractivity (Wildman–Crippen MR) is 31.9 cm³/mol. The summed E-state index contributed by atoms with van der Waals surface area (Å²) in [5, 5.41) is 0. The smallest absolute Gasteiger partial charge is 0.287 e. The average molecular weight is 181 g/mol. The first kappa shape index (κ1) is 8.76. The number of hydrogen-bond donors (Lipinski definition) is 1. The van der Waals surface area contributed by atoms with E-state index in [9.17, 15) is 22.4 Å². The second-order valence-electron chi connectivity index (χ2n) is 2.02. The van der Waals surface area contributed by atoms with Crippen LogP contribution in [0.4, 0.5) is 17.6 Å². The van der Waals surface area contributed by atoms with Gasteiger partial charge < -0.3 is 4.98 Å². The molecule has 0 saturated carbocycles. The molecule has 0 fully saturated rings. The Kier molecular flexibility index (Phi) is 2.16. The van der Waals surface area contributed by atoms with Gasteiger partial charge in [-0.2, -0.15) is 4.39 Å². The summed E-state index contributed by atoms with van der Waals surface area (Å²) in [5.41, 5.74) is -2.41. The molecule has 0 aliphatic carbocycles. The zero-order valence-corrected chi connectivity index (χ0v) is 5.57. The highest BCUT2D eigenvalue weighted by Crippen LogP contribution is 2.15. The van der Waals surface area contributed by atoms with Crippen LogP contribution >= 0.6 is 0 Å². The van der Waals surface area contributed by atoms with Crippen molar-refractivity contribution in [2.24, 2.45) is 0 Å². The normalized spacial score (nSPS) is 10.8. The van der Waals surface area contributed by atoms with Crippen LogP contribution in [0.25, 0.3) is 0 Å². The van der Waals surface area contributed by atoms with Crippen LogP contribution in [0.3, 0.4) is 0 Å². The standard InChI is InChI=1S/C6H3F4NO/c7-2-1-3(5(9)10)11-6(12)4(2)8/h1,5H,(H,11,12). The summed E-state index contributed by atoms with van der Waals surface area (Å²) in [4.78, 5) is 11.9. The number of aromatic amines is 1. The van der Waals surface area contributed by atoms with Crippen molar-refractivity contribution >= 4 is 0 Å². The number of hydrogen-bond acceptors (Lipinski definition) is 1. The highest BCUT2D eigenvalue weighted by Gasteiger charge is 2.14. The van der Waals surface area contributed by atoms with Crippen LogP contribution in [0.1, 0.15) is 12.1 Å². The monoisotopic (exact) mass is 181 g/mol. The van der Waals surface area contributed by atoms with Gasteiger partial charge >= 0.3 is 0 Å². The molecule has 2 nitrogen and oxygen atoms in total. The Morgan fingerprint density at radius 3 is 2.33 bits per heavy atom. The van der Waals surface area contributed by atoms with Gasteiger partial charge in [-0.15, -0.1) is 0 Å². The Bertz CT molecular complexity index is 346. The minimum absolute atomic E-state index is 0.251. The summed E-state index contributed by atoms with van der Waals surface area (Å²) in [6.07, 6.45) is -3.02. The third kappa shape index (κ3) is 1.46. The average Bonchev–Trinajstić information content (AvgIpc) is 1.99. The summed E-state index contributed by atoms with van der Waals surface area (Å²) in [5.74, 6) is -3.26. The van der Waals surface area contributed by atoms with Gasteiger partial charge in [-0.3, -0.25) is 4.79 Å². The second-order valence-corrected chi connectivity index (χ2v) is 2.02. The molecule has 12 heavy (non-hydrogen) atoms. The van der Waals surface area contributed by atoms with Gasteiger partial charge in [0.05, 0.1) is 5.69 Å². The molecule has 6 heteroatoms. The van der Waals surface area contributed by atoms with Crippen LogP contribution in [-0.4, -0.2) is 4.98 Å². The third-order valence-electron chi connectivity index (χ3n) is 1.18. The molecular formula is C6H3F4NO. The van der Waals surface area contributed by atoms with E-state index in [1.165, 1.54) is 4.98 Å². The van der Waals surface area contributed by atoms with Gasteiger partial charge in [-0.05, 0) is 0 Å². The van der Waals surface area contributed by atoms with Gasteiger partial charge in [0.25, 0.3) is 12.0 Å². The summed E-state index contributed by atoms with van der Waals surface area (Å²) < 4.78 is 48.1. The fraction of sp³-hybridized carbons (Fsp3) is 0.167. The van der Waals surface area contributed by atoms with Crippen molar-refractivity contribution in [3.63, 3.8) is 0 Å². The molecule has 0 amide bonds. The van der Waals surface area contributed by atoms with Crippen molar-refractivity contribution in [3.8, 4) is 0 Å². The molecule has 0 atom stereocenters. The molecule has 66 valence electrons. The molecule has 0 radical (unpaired) electrons. The molecule has 1 aromatic rings. The highest BCUT2D eigenvalue weighted by molar-refractivity contribution is 5.08. The van der Waals surface area contributed by atoms with Crippen LogP contribution in [0.15, 0.2) is 10.9 Å². The van der Waals surface area contributed by atoms with Crippen molar-refractivity contribution in [1.29, 1.82) is 0 Å². The van der Waals surface area contributed by atoms with Crippen LogP contribution < -0.4 is 5.56 Å². The lowest BCUT2D eigenvalue weighted by Gasteiger charge is -1.98. The highest BCUT2D eigenvalue weighted by atomic mass is 19.3. The fourth-order valence-corrected chi connectivity index (χ4v) is 0.648.